The van der Waals surface area contributed by atoms with Gasteiger partial charge < -0.3 is 5.32 Å². The first-order chi connectivity index (χ1) is 14.7. The summed E-state index contributed by atoms with van der Waals surface area (Å²) < 4.78 is 29.2. The first-order valence-corrected chi connectivity index (χ1v) is 12.7. The van der Waals surface area contributed by atoms with Crippen LogP contribution in [0.4, 0.5) is 5.69 Å². The van der Waals surface area contributed by atoms with Crippen molar-refractivity contribution in [3.8, 4) is 0 Å². The number of carbonyl (C=O) groups is 1. The second-order valence-corrected chi connectivity index (χ2v) is 11.0. The Labute approximate surface area is 207 Å². The van der Waals surface area contributed by atoms with Crippen LogP contribution in [0.15, 0.2) is 80.6 Å². The van der Waals surface area contributed by atoms with E-state index in [2.05, 4.69) is 37.2 Å². The highest BCUT2D eigenvalue weighted by molar-refractivity contribution is 9.10. The molecule has 1 N–H and O–H groups in total. The Balaban J connectivity index is 1.92. The second-order valence-electron chi connectivity index (χ2n) is 6.49. The van der Waals surface area contributed by atoms with Crippen molar-refractivity contribution in [2.24, 2.45) is 0 Å². The monoisotopic (exact) mass is 604 g/mol. The number of hydrogen-bond acceptors (Lipinski definition) is 3. The van der Waals surface area contributed by atoms with Crippen LogP contribution in [0, 0.1) is 0 Å². The van der Waals surface area contributed by atoms with Crippen LogP contribution in [0.3, 0.4) is 0 Å². The highest BCUT2D eigenvalue weighted by Crippen LogP contribution is 2.26. The lowest BCUT2D eigenvalue weighted by atomic mass is 10.2. The molecule has 3 aromatic carbocycles. The van der Waals surface area contributed by atoms with Crippen molar-refractivity contribution in [1.29, 1.82) is 0 Å². The molecule has 162 valence electrons. The first kappa shape index (κ1) is 24.2. The number of carbonyl (C=O) groups excluding carboxylic acids is 1. The Hall–Kier alpha value is -1.42. The summed E-state index contributed by atoms with van der Waals surface area (Å²) in [5.74, 6) is -0.488. The van der Waals surface area contributed by atoms with Crippen molar-refractivity contribution < 1.29 is 13.2 Å². The van der Waals surface area contributed by atoms with Crippen LogP contribution < -0.4 is 5.32 Å². The summed E-state index contributed by atoms with van der Waals surface area (Å²) in [6.07, 6.45) is 0. The number of amides is 1. The molecule has 0 spiro atoms. The minimum absolute atomic E-state index is 0.0643. The number of rotatable bonds is 7. The molecule has 0 fully saturated rings. The van der Waals surface area contributed by atoms with E-state index in [9.17, 15) is 13.2 Å². The molecule has 0 aliphatic rings. The normalized spacial score (nSPS) is 11.5. The Kier molecular flexibility index (Phi) is 8.18. The van der Waals surface area contributed by atoms with E-state index >= 15 is 0 Å². The molecule has 0 radical (unpaired) electrons. The number of hydrogen-bond donors (Lipinski definition) is 1. The summed E-state index contributed by atoms with van der Waals surface area (Å²) in [5.41, 5.74) is 1.07. The second kappa shape index (κ2) is 10.5. The average Bonchev–Trinajstić information content (AvgIpc) is 2.71. The van der Waals surface area contributed by atoms with Gasteiger partial charge >= 0.3 is 0 Å². The number of halogens is 4. The molecule has 3 aromatic rings. The third-order valence-electron chi connectivity index (χ3n) is 4.28. The zero-order valence-corrected chi connectivity index (χ0v) is 21.4. The Morgan fingerprint density at radius 1 is 0.968 bits per heavy atom. The topological polar surface area (TPSA) is 66.5 Å². The molecule has 0 bridgehead atoms. The molecule has 31 heavy (non-hydrogen) atoms. The lowest BCUT2D eigenvalue weighted by Gasteiger charge is -2.23. The molecule has 0 saturated heterocycles. The summed E-state index contributed by atoms with van der Waals surface area (Å²) >= 11 is 18.9. The highest BCUT2D eigenvalue weighted by atomic mass is 79.9. The minimum atomic E-state index is -3.99. The molecule has 0 unspecified atom stereocenters. The third-order valence-corrected chi connectivity index (χ3v) is 7.89. The van der Waals surface area contributed by atoms with Crippen molar-refractivity contribution in [3.63, 3.8) is 0 Å². The van der Waals surface area contributed by atoms with Crippen LogP contribution in [0.2, 0.25) is 10.0 Å². The Morgan fingerprint density at radius 3 is 2.29 bits per heavy atom. The Bertz CT molecular complexity index is 1210. The molecule has 0 atom stereocenters. The largest absolute Gasteiger partial charge is 0.324 e. The van der Waals surface area contributed by atoms with Crippen molar-refractivity contribution in [2.75, 3.05) is 11.9 Å². The van der Waals surface area contributed by atoms with Crippen LogP contribution in [0.5, 0.6) is 0 Å². The molecule has 0 heterocycles. The van der Waals surface area contributed by atoms with Gasteiger partial charge in [0.05, 0.1) is 17.1 Å². The van der Waals surface area contributed by atoms with Gasteiger partial charge in [-0.2, -0.15) is 4.31 Å². The summed E-state index contributed by atoms with van der Waals surface area (Å²) in [6, 6.07) is 18.1. The van der Waals surface area contributed by atoms with E-state index in [1.54, 1.807) is 42.5 Å². The van der Waals surface area contributed by atoms with Crippen molar-refractivity contribution in [2.45, 2.75) is 11.4 Å². The van der Waals surface area contributed by atoms with Gasteiger partial charge in [0.25, 0.3) is 0 Å². The Morgan fingerprint density at radius 2 is 1.65 bits per heavy atom. The summed E-state index contributed by atoms with van der Waals surface area (Å²) in [6.45, 7) is -0.504. The van der Waals surface area contributed by atoms with Gasteiger partial charge in [-0.25, -0.2) is 8.42 Å². The summed E-state index contributed by atoms with van der Waals surface area (Å²) in [4.78, 5) is 12.8. The predicted molar refractivity (Wildman–Crippen MR) is 131 cm³/mol. The van der Waals surface area contributed by atoms with Crippen LogP contribution >= 0.6 is 55.1 Å². The minimum Gasteiger partial charge on any atom is -0.324 e. The lowest BCUT2D eigenvalue weighted by molar-refractivity contribution is -0.116. The predicted octanol–water partition coefficient (Wildman–Crippen LogP) is 6.35. The van der Waals surface area contributed by atoms with Gasteiger partial charge in [-0.05, 0) is 70.0 Å². The van der Waals surface area contributed by atoms with Gasteiger partial charge in [-0.3, -0.25) is 4.79 Å². The fraction of sp³-hybridized carbons (Fsp3) is 0.0952. The molecule has 0 aliphatic carbocycles. The van der Waals surface area contributed by atoms with Gasteiger partial charge in [-0.1, -0.05) is 57.3 Å². The number of anilines is 1. The number of benzene rings is 3. The SMILES string of the molecule is O=C(CN(Cc1ccc(Cl)cc1Cl)S(=O)(=O)c1ccc(Br)cc1)Nc1ccccc1Br. The van der Waals surface area contributed by atoms with Gasteiger partial charge in [0.15, 0.2) is 0 Å². The van der Waals surface area contributed by atoms with Crippen molar-refractivity contribution >= 4 is 76.7 Å². The average molecular weight is 607 g/mol. The highest BCUT2D eigenvalue weighted by Gasteiger charge is 2.28. The maximum absolute atomic E-state index is 13.3. The molecular weight excluding hydrogens is 591 g/mol. The van der Waals surface area contributed by atoms with Gasteiger partial charge in [-0.15, -0.1) is 0 Å². The first-order valence-electron chi connectivity index (χ1n) is 8.91. The fourth-order valence-electron chi connectivity index (χ4n) is 2.73. The zero-order valence-electron chi connectivity index (χ0n) is 15.9. The summed E-state index contributed by atoms with van der Waals surface area (Å²) in [5, 5.41) is 3.48. The molecule has 3 rings (SSSR count). The molecule has 10 heteroatoms. The number of para-hydroxylation sites is 1. The maximum Gasteiger partial charge on any atom is 0.243 e. The molecule has 1 amide bonds. The van der Waals surface area contributed by atoms with Gasteiger partial charge in [0.1, 0.15) is 0 Å². The smallest absolute Gasteiger partial charge is 0.243 e. The quantitative estimate of drug-likeness (QED) is 0.341. The fourth-order valence-corrected chi connectivity index (χ4v) is 5.22. The number of sulfonamides is 1. The van der Waals surface area contributed by atoms with Crippen LogP contribution in [-0.4, -0.2) is 25.2 Å². The van der Waals surface area contributed by atoms with Crippen molar-refractivity contribution in [1.82, 2.24) is 4.31 Å². The molecule has 5 nitrogen and oxygen atoms in total. The van der Waals surface area contributed by atoms with Crippen LogP contribution in [0.25, 0.3) is 0 Å². The zero-order chi connectivity index (χ0) is 22.6. The number of nitrogens with zero attached hydrogens (tertiary/aromatic N) is 1. The van der Waals surface area contributed by atoms with Crippen LogP contribution in [0.1, 0.15) is 5.56 Å². The van der Waals surface area contributed by atoms with E-state index in [0.717, 1.165) is 8.78 Å². The standard InChI is InChI=1S/C21H16Br2Cl2N2O3S/c22-15-6-9-17(10-7-15)31(29,30)27(12-14-5-8-16(24)11-19(14)25)13-21(28)26-20-4-2-1-3-18(20)23/h1-11H,12-13H2,(H,26,28). The van der Waals surface area contributed by atoms with E-state index in [-0.39, 0.29) is 11.4 Å². The molecule has 0 saturated carbocycles. The van der Waals surface area contributed by atoms with Crippen LogP contribution in [-0.2, 0) is 21.4 Å². The number of nitrogens with one attached hydrogen (secondary N) is 1. The molecular formula is C21H16Br2Cl2N2O3S. The maximum atomic E-state index is 13.3. The van der Waals surface area contributed by atoms with Crippen molar-refractivity contribution in [3.05, 3.63) is 91.3 Å². The van der Waals surface area contributed by atoms with Gasteiger partial charge in [0.2, 0.25) is 15.9 Å². The van der Waals surface area contributed by atoms with Gasteiger partial charge in [0, 0.05) is 25.5 Å². The molecule has 0 aromatic heterocycles. The lowest BCUT2D eigenvalue weighted by Crippen LogP contribution is -2.37. The van der Waals surface area contributed by atoms with E-state index in [1.807, 2.05) is 6.07 Å². The van der Waals surface area contributed by atoms with E-state index < -0.39 is 22.5 Å². The van der Waals surface area contributed by atoms with E-state index in [0.29, 0.717) is 25.8 Å². The van der Waals surface area contributed by atoms with E-state index in [4.69, 9.17) is 23.2 Å². The molecule has 0 aliphatic heterocycles. The third kappa shape index (κ3) is 6.31. The van der Waals surface area contributed by atoms with E-state index in [1.165, 1.54) is 18.2 Å². The summed E-state index contributed by atoms with van der Waals surface area (Å²) in [7, 11) is -3.99.